The molecule has 3 nitrogen and oxygen atoms in total. The van der Waals surface area contributed by atoms with E-state index >= 15 is 0 Å². The highest BCUT2D eigenvalue weighted by molar-refractivity contribution is 5.96. The Morgan fingerprint density at radius 1 is 1.32 bits per heavy atom. The molecule has 1 aromatic rings. The molecule has 0 radical (unpaired) electrons. The predicted molar refractivity (Wildman–Crippen MR) is 74.5 cm³/mol. The number of benzene rings is 1. The van der Waals surface area contributed by atoms with Crippen molar-refractivity contribution in [3.05, 3.63) is 29.8 Å². The molecule has 0 aliphatic carbocycles. The number of hydrogen-bond donors (Lipinski definition) is 0. The summed E-state index contributed by atoms with van der Waals surface area (Å²) in [5.74, 6) is 0.987. The normalized spacial score (nSPS) is 19.1. The van der Waals surface area contributed by atoms with Crippen molar-refractivity contribution < 1.29 is 14.3 Å². The molecule has 1 aliphatic rings. The first kappa shape index (κ1) is 14.1. The summed E-state index contributed by atoms with van der Waals surface area (Å²) < 4.78 is 11.3. The van der Waals surface area contributed by atoms with Crippen LogP contribution in [0.3, 0.4) is 0 Å². The maximum Gasteiger partial charge on any atom is 0.199 e. The first-order valence-electron chi connectivity index (χ1n) is 7.21. The summed E-state index contributed by atoms with van der Waals surface area (Å²) in [6.45, 7) is 2.87. The van der Waals surface area contributed by atoms with Gasteiger partial charge in [0.1, 0.15) is 5.75 Å². The van der Waals surface area contributed by atoms with E-state index in [0.29, 0.717) is 6.42 Å². The van der Waals surface area contributed by atoms with E-state index in [2.05, 4.69) is 6.92 Å². The SMILES string of the molecule is CCCCC(=O)c1ccc(OC2CCCCO2)cc1. The Labute approximate surface area is 114 Å². The average molecular weight is 262 g/mol. The summed E-state index contributed by atoms with van der Waals surface area (Å²) in [5, 5.41) is 0. The minimum absolute atomic E-state index is 0.129. The summed E-state index contributed by atoms with van der Waals surface area (Å²) in [4.78, 5) is 11.8. The van der Waals surface area contributed by atoms with E-state index in [4.69, 9.17) is 9.47 Å². The van der Waals surface area contributed by atoms with Crippen molar-refractivity contribution >= 4 is 5.78 Å². The van der Waals surface area contributed by atoms with Crippen LogP contribution in [-0.4, -0.2) is 18.7 Å². The van der Waals surface area contributed by atoms with Crippen LogP contribution >= 0.6 is 0 Å². The Morgan fingerprint density at radius 3 is 2.74 bits per heavy atom. The molecule has 1 aromatic carbocycles. The third kappa shape index (κ3) is 4.35. The van der Waals surface area contributed by atoms with Crippen LogP contribution in [0.25, 0.3) is 0 Å². The van der Waals surface area contributed by atoms with Crippen LogP contribution in [0, 0.1) is 0 Å². The second-order valence-electron chi connectivity index (χ2n) is 4.97. The molecule has 104 valence electrons. The van der Waals surface area contributed by atoms with Crippen LogP contribution < -0.4 is 4.74 Å². The van der Waals surface area contributed by atoms with Crippen molar-refractivity contribution in [2.24, 2.45) is 0 Å². The largest absolute Gasteiger partial charge is 0.465 e. The molecular weight excluding hydrogens is 240 g/mol. The summed E-state index contributed by atoms with van der Waals surface area (Å²) >= 11 is 0. The van der Waals surface area contributed by atoms with Gasteiger partial charge in [0.15, 0.2) is 12.1 Å². The zero-order valence-electron chi connectivity index (χ0n) is 11.6. The van der Waals surface area contributed by atoms with Crippen molar-refractivity contribution in [2.75, 3.05) is 6.61 Å². The monoisotopic (exact) mass is 262 g/mol. The smallest absolute Gasteiger partial charge is 0.199 e. The van der Waals surface area contributed by atoms with Crippen molar-refractivity contribution in [2.45, 2.75) is 51.7 Å². The van der Waals surface area contributed by atoms with Gasteiger partial charge in [-0.3, -0.25) is 4.79 Å². The van der Waals surface area contributed by atoms with E-state index in [0.717, 1.165) is 50.0 Å². The highest BCUT2D eigenvalue weighted by Crippen LogP contribution is 2.20. The van der Waals surface area contributed by atoms with Crippen LogP contribution in [0.5, 0.6) is 5.75 Å². The van der Waals surface area contributed by atoms with Gasteiger partial charge in [0.25, 0.3) is 0 Å². The Morgan fingerprint density at radius 2 is 2.11 bits per heavy atom. The van der Waals surface area contributed by atoms with Gasteiger partial charge in [0.2, 0.25) is 0 Å². The Balaban J connectivity index is 1.88. The van der Waals surface area contributed by atoms with Gasteiger partial charge < -0.3 is 9.47 Å². The lowest BCUT2D eigenvalue weighted by Crippen LogP contribution is -2.24. The van der Waals surface area contributed by atoms with Crippen molar-refractivity contribution in [3.8, 4) is 5.75 Å². The zero-order chi connectivity index (χ0) is 13.5. The molecule has 0 spiro atoms. The van der Waals surface area contributed by atoms with E-state index in [1.165, 1.54) is 0 Å². The standard InChI is InChI=1S/C16H22O3/c1-2-3-6-15(17)13-8-10-14(11-9-13)19-16-7-4-5-12-18-16/h8-11,16H,2-7,12H2,1H3. The maximum absolute atomic E-state index is 11.8. The van der Waals surface area contributed by atoms with Gasteiger partial charge >= 0.3 is 0 Å². The molecule has 19 heavy (non-hydrogen) atoms. The minimum Gasteiger partial charge on any atom is -0.465 e. The van der Waals surface area contributed by atoms with Gasteiger partial charge in [-0.05, 0) is 43.5 Å². The highest BCUT2D eigenvalue weighted by Gasteiger charge is 2.15. The topological polar surface area (TPSA) is 35.5 Å². The van der Waals surface area contributed by atoms with Crippen LogP contribution in [-0.2, 0) is 4.74 Å². The van der Waals surface area contributed by atoms with E-state index in [1.807, 2.05) is 24.3 Å². The molecule has 1 heterocycles. The van der Waals surface area contributed by atoms with Gasteiger partial charge in [-0.25, -0.2) is 0 Å². The van der Waals surface area contributed by atoms with Gasteiger partial charge in [-0.2, -0.15) is 0 Å². The first-order chi connectivity index (χ1) is 9.29. The molecule has 2 rings (SSSR count). The first-order valence-corrected chi connectivity index (χ1v) is 7.21. The lowest BCUT2D eigenvalue weighted by molar-refractivity contribution is -0.105. The maximum atomic E-state index is 11.8. The fourth-order valence-corrected chi connectivity index (χ4v) is 2.16. The van der Waals surface area contributed by atoms with Crippen molar-refractivity contribution in [1.82, 2.24) is 0 Å². The van der Waals surface area contributed by atoms with Gasteiger partial charge in [-0.1, -0.05) is 13.3 Å². The second kappa shape index (κ2) is 7.29. The van der Waals surface area contributed by atoms with E-state index in [9.17, 15) is 4.79 Å². The van der Waals surface area contributed by atoms with Crippen molar-refractivity contribution in [1.29, 1.82) is 0 Å². The lowest BCUT2D eigenvalue weighted by atomic mass is 10.1. The zero-order valence-corrected chi connectivity index (χ0v) is 11.6. The summed E-state index contributed by atoms with van der Waals surface area (Å²) in [6.07, 6.45) is 5.71. The molecule has 1 fully saturated rings. The average Bonchev–Trinajstić information content (AvgIpc) is 2.46. The fourth-order valence-electron chi connectivity index (χ4n) is 2.16. The van der Waals surface area contributed by atoms with Crippen LogP contribution in [0.2, 0.25) is 0 Å². The molecule has 1 aliphatic heterocycles. The number of ketones is 1. The summed E-state index contributed by atoms with van der Waals surface area (Å²) in [5.41, 5.74) is 0.769. The third-order valence-electron chi connectivity index (χ3n) is 3.34. The molecule has 0 saturated carbocycles. The predicted octanol–water partition coefficient (Wildman–Crippen LogP) is 3.96. The minimum atomic E-state index is -0.129. The van der Waals surface area contributed by atoms with Crippen LogP contribution in [0.15, 0.2) is 24.3 Å². The number of ether oxygens (including phenoxy) is 2. The van der Waals surface area contributed by atoms with Crippen molar-refractivity contribution in [3.63, 3.8) is 0 Å². The van der Waals surface area contributed by atoms with E-state index in [1.54, 1.807) is 0 Å². The summed E-state index contributed by atoms with van der Waals surface area (Å²) in [7, 11) is 0. The molecule has 0 bridgehead atoms. The fraction of sp³-hybridized carbons (Fsp3) is 0.562. The molecule has 1 unspecified atom stereocenters. The third-order valence-corrected chi connectivity index (χ3v) is 3.34. The molecule has 0 N–H and O–H groups in total. The number of carbonyl (C=O) groups is 1. The van der Waals surface area contributed by atoms with Gasteiger partial charge in [0, 0.05) is 18.4 Å². The van der Waals surface area contributed by atoms with Crippen LogP contribution in [0.4, 0.5) is 0 Å². The Hall–Kier alpha value is -1.35. The second-order valence-corrected chi connectivity index (χ2v) is 4.97. The molecule has 1 saturated heterocycles. The number of unbranched alkanes of at least 4 members (excludes halogenated alkanes) is 1. The molecule has 3 heteroatoms. The number of Topliss-reactive ketones (excluding diaryl/α,β-unsaturated/α-hetero) is 1. The number of hydrogen-bond acceptors (Lipinski definition) is 3. The van der Waals surface area contributed by atoms with Crippen LogP contribution in [0.1, 0.15) is 55.8 Å². The van der Waals surface area contributed by atoms with E-state index in [-0.39, 0.29) is 12.1 Å². The molecular formula is C16H22O3. The quantitative estimate of drug-likeness (QED) is 0.728. The lowest BCUT2D eigenvalue weighted by Gasteiger charge is -2.23. The molecule has 0 aromatic heterocycles. The molecule has 1 atom stereocenters. The van der Waals surface area contributed by atoms with E-state index < -0.39 is 0 Å². The summed E-state index contributed by atoms with van der Waals surface area (Å²) in [6, 6.07) is 7.40. The Kier molecular flexibility index (Phi) is 5.40. The highest BCUT2D eigenvalue weighted by atomic mass is 16.7. The molecule has 0 amide bonds. The number of rotatable bonds is 6. The van der Waals surface area contributed by atoms with Gasteiger partial charge in [0.05, 0.1) is 6.61 Å². The number of carbonyl (C=O) groups excluding carboxylic acids is 1. The Bertz CT molecular complexity index is 391. The van der Waals surface area contributed by atoms with Gasteiger partial charge in [-0.15, -0.1) is 0 Å².